The van der Waals surface area contributed by atoms with E-state index in [9.17, 15) is 0 Å². The maximum Gasteiger partial charge on any atom is 0.0656 e. The molecule has 1 saturated heterocycles. The predicted octanol–water partition coefficient (Wildman–Crippen LogP) is 2.41. The van der Waals surface area contributed by atoms with Crippen molar-refractivity contribution in [1.82, 2.24) is 4.90 Å². The number of unbranched alkanes of at least 4 members (excludes halogenated alkanes) is 1. The van der Waals surface area contributed by atoms with Gasteiger partial charge in [0.1, 0.15) is 0 Å². The topological polar surface area (TPSA) is 27.0 Å². The molecular formula is C11H20N2. The summed E-state index contributed by atoms with van der Waals surface area (Å²) in [4.78, 5) is 2.51. The summed E-state index contributed by atoms with van der Waals surface area (Å²) in [7, 11) is 0. The first kappa shape index (κ1) is 10.5. The van der Waals surface area contributed by atoms with Gasteiger partial charge in [-0.15, -0.1) is 0 Å². The van der Waals surface area contributed by atoms with Crippen LogP contribution in [0.15, 0.2) is 0 Å². The third-order valence-electron chi connectivity index (χ3n) is 2.83. The first-order valence-corrected chi connectivity index (χ1v) is 5.48. The molecule has 1 unspecified atom stereocenters. The molecule has 1 atom stereocenters. The van der Waals surface area contributed by atoms with E-state index < -0.39 is 0 Å². The van der Waals surface area contributed by atoms with Crippen LogP contribution in [0.1, 0.15) is 39.0 Å². The fourth-order valence-electron chi connectivity index (χ4n) is 1.89. The van der Waals surface area contributed by atoms with E-state index in [0.29, 0.717) is 5.92 Å². The number of hydrogen-bond donors (Lipinski definition) is 0. The van der Waals surface area contributed by atoms with Gasteiger partial charge < -0.3 is 4.90 Å². The molecule has 1 fully saturated rings. The molecule has 1 heterocycles. The summed E-state index contributed by atoms with van der Waals surface area (Å²) in [5, 5.41) is 8.81. The van der Waals surface area contributed by atoms with E-state index in [4.69, 9.17) is 5.26 Å². The first-order chi connectivity index (χ1) is 6.36. The van der Waals surface area contributed by atoms with Crippen molar-refractivity contribution in [2.75, 3.05) is 19.6 Å². The highest BCUT2D eigenvalue weighted by atomic mass is 15.1. The van der Waals surface area contributed by atoms with Crippen LogP contribution in [0.5, 0.6) is 0 Å². The summed E-state index contributed by atoms with van der Waals surface area (Å²) in [5.41, 5.74) is 0. The van der Waals surface area contributed by atoms with Crippen LogP contribution < -0.4 is 0 Å². The average molecular weight is 180 g/mol. The van der Waals surface area contributed by atoms with Gasteiger partial charge >= 0.3 is 0 Å². The Kier molecular flexibility index (Phi) is 4.85. The molecule has 0 N–H and O–H groups in total. The Labute approximate surface area is 81.5 Å². The molecule has 74 valence electrons. The van der Waals surface area contributed by atoms with Crippen molar-refractivity contribution in [2.24, 2.45) is 5.92 Å². The lowest BCUT2D eigenvalue weighted by Crippen LogP contribution is -2.25. The van der Waals surface area contributed by atoms with Gasteiger partial charge in [-0.1, -0.05) is 13.3 Å². The van der Waals surface area contributed by atoms with Crippen molar-refractivity contribution in [3.05, 3.63) is 0 Å². The molecule has 2 heteroatoms. The van der Waals surface area contributed by atoms with Gasteiger partial charge in [0.15, 0.2) is 0 Å². The Balaban J connectivity index is 2.24. The van der Waals surface area contributed by atoms with E-state index in [1.165, 1.54) is 32.4 Å². The Morgan fingerprint density at radius 2 is 2.23 bits per heavy atom. The lowest BCUT2D eigenvalue weighted by atomic mass is 10.0. The van der Waals surface area contributed by atoms with E-state index in [-0.39, 0.29) is 0 Å². The maximum absolute atomic E-state index is 8.81. The van der Waals surface area contributed by atoms with E-state index >= 15 is 0 Å². The van der Waals surface area contributed by atoms with Gasteiger partial charge in [0.05, 0.1) is 6.07 Å². The Morgan fingerprint density at radius 3 is 2.92 bits per heavy atom. The Morgan fingerprint density at radius 1 is 1.38 bits per heavy atom. The molecule has 0 bridgehead atoms. The van der Waals surface area contributed by atoms with Gasteiger partial charge in [0.2, 0.25) is 0 Å². The molecule has 13 heavy (non-hydrogen) atoms. The van der Waals surface area contributed by atoms with Crippen molar-refractivity contribution >= 4 is 0 Å². The monoisotopic (exact) mass is 180 g/mol. The minimum Gasteiger partial charge on any atom is -0.303 e. The lowest BCUT2D eigenvalue weighted by Gasteiger charge is -2.18. The van der Waals surface area contributed by atoms with Crippen LogP contribution in [-0.4, -0.2) is 24.5 Å². The SMILES string of the molecule is CCCCN1CCCC(C#N)CC1. The molecule has 0 aromatic rings. The van der Waals surface area contributed by atoms with Crippen LogP contribution >= 0.6 is 0 Å². The van der Waals surface area contributed by atoms with Crippen LogP contribution in [0.25, 0.3) is 0 Å². The van der Waals surface area contributed by atoms with Crippen LogP contribution in [0.2, 0.25) is 0 Å². The Hall–Kier alpha value is -0.550. The molecule has 2 nitrogen and oxygen atoms in total. The predicted molar refractivity (Wildman–Crippen MR) is 54.3 cm³/mol. The lowest BCUT2D eigenvalue weighted by molar-refractivity contribution is 0.279. The number of hydrogen-bond acceptors (Lipinski definition) is 2. The third kappa shape index (κ3) is 3.78. The summed E-state index contributed by atoms with van der Waals surface area (Å²) in [6.07, 6.45) is 5.98. The minimum absolute atomic E-state index is 0.326. The smallest absolute Gasteiger partial charge is 0.0656 e. The van der Waals surface area contributed by atoms with E-state index in [0.717, 1.165) is 19.4 Å². The van der Waals surface area contributed by atoms with Gasteiger partial charge in [0, 0.05) is 5.92 Å². The van der Waals surface area contributed by atoms with Gasteiger partial charge in [-0.25, -0.2) is 0 Å². The third-order valence-corrected chi connectivity index (χ3v) is 2.83. The number of likely N-dealkylation sites (tertiary alicyclic amines) is 1. The van der Waals surface area contributed by atoms with Gasteiger partial charge in [-0.2, -0.15) is 5.26 Å². The molecule has 0 aliphatic carbocycles. The molecule has 0 saturated carbocycles. The summed E-state index contributed by atoms with van der Waals surface area (Å²) >= 11 is 0. The molecule has 0 aromatic heterocycles. The minimum atomic E-state index is 0.326. The van der Waals surface area contributed by atoms with Crippen LogP contribution in [0, 0.1) is 17.2 Å². The molecular weight excluding hydrogens is 160 g/mol. The molecule has 0 spiro atoms. The normalized spacial score (nSPS) is 25.1. The summed E-state index contributed by atoms with van der Waals surface area (Å²) in [6, 6.07) is 2.39. The van der Waals surface area contributed by atoms with Crippen molar-refractivity contribution in [1.29, 1.82) is 5.26 Å². The summed E-state index contributed by atoms with van der Waals surface area (Å²) < 4.78 is 0. The van der Waals surface area contributed by atoms with Crippen molar-refractivity contribution in [3.8, 4) is 6.07 Å². The van der Waals surface area contributed by atoms with Gasteiger partial charge in [-0.3, -0.25) is 0 Å². The number of nitrogens with zero attached hydrogens (tertiary/aromatic N) is 2. The van der Waals surface area contributed by atoms with E-state index in [2.05, 4.69) is 17.9 Å². The van der Waals surface area contributed by atoms with Crippen molar-refractivity contribution < 1.29 is 0 Å². The van der Waals surface area contributed by atoms with Crippen LogP contribution in [0.4, 0.5) is 0 Å². The highest BCUT2D eigenvalue weighted by Crippen LogP contribution is 2.16. The Bertz CT molecular complexity index is 171. The fraction of sp³-hybridized carbons (Fsp3) is 0.909. The molecule has 1 rings (SSSR count). The fourth-order valence-corrected chi connectivity index (χ4v) is 1.89. The zero-order valence-electron chi connectivity index (χ0n) is 8.63. The second-order valence-corrected chi connectivity index (χ2v) is 3.95. The first-order valence-electron chi connectivity index (χ1n) is 5.48. The standard InChI is InChI=1S/C11H20N2/c1-2-3-7-13-8-4-5-11(10-12)6-9-13/h11H,2-9H2,1H3. The van der Waals surface area contributed by atoms with Gasteiger partial charge in [0.25, 0.3) is 0 Å². The summed E-state index contributed by atoms with van der Waals surface area (Å²) in [6.45, 7) is 5.81. The van der Waals surface area contributed by atoms with E-state index in [1.807, 2.05) is 0 Å². The maximum atomic E-state index is 8.81. The molecule has 0 aromatic carbocycles. The number of rotatable bonds is 3. The van der Waals surface area contributed by atoms with Crippen LogP contribution in [-0.2, 0) is 0 Å². The molecule has 0 amide bonds. The zero-order valence-corrected chi connectivity index (χ0v) is 8.63. The van der Waals surface area contributed by atoms with Crippen LogP contribution in [0.3, 0.4) is 0 Å². The summed E-state index contributed by atoms with van der Waals surface area (Å²) in [5.74, 6) is 0.326. The largest absolute Gasteiger partial charge is 0.303 e. The molecule has 1 aliphatic rings. The second kappa shape index (κ2) is 5.99. The van der Waals surface area contributed by atoms with Crippen molar-refractivity contribution in [3.63, 3.8) is 0 Å². The van der Waals surface area contributed by atoms with Gasteiger partial charge in [-0.05, 0) is 45.3 Å². The molecule has 0 radical (unpaired) electrons. The molecule has 1 aliphatic heterocycles. The zero-order chi connectivity index (χ0) is 9.52. The second-order valence-electron chi connectivity index (χ2n) is 3.95. The average Bonchev–Trinajstić information content (AvgIpc) is 2.39. The van der Waals surface area contributed by atoms with Crippen molar-refractivity contribution in [2.45, 2.75) is 39.0 Å². The van der Waals surface area contributed by atoms with E-state index in [1.54, 1.807) is 0 Å². The highest BCUT2D eigenvalue weighted by Gasteiger charge is 2.15. The number of nitriles is 1. The quantitative estimate of drug-likeness (QED) is 0.667. The highest BCUT2D eigenvalue weighted by molar-refractivity contribution is 4.85.